The van der Waals surface area contributed by atoms with E-state index in [2.05, 4.69) is 15.3 Å². The smallest absolute Gasteiger partial charge is 0.261 e. The van der Waals surface area contributed by atoms with Crippen LogP contribution in [-0.4, -0.2) is 40.6 Å². The maximum Gasteiger partial charge on any atom is 0.261 e. The molecule has 7 heteroatoms. The molecule has 6 nitrogen and oxygen atoms in total. The van der Waals surface area contributed by atoms with Crippen molar-refractivity contribution in [2.75, 3.05) is 18.0 Å². The van der Waals surface area contributed by atoms with Gasteiger partial charge in [0.15, 0.2) is 5.78 Å². The summed E-state index contributed by atoms with van der Waals surface area (Å²) in [7, 11) is 1.90. The Morgan fingerprint density at radius 1 is 1.43 bits per heavy atom. The Bertz CT molecular complexity index is 721. The molecule has 1 saturated heterocycles. The van der Waals surface area contributed by atoms with E-state index in [0.717, 1.165) is 31.6 Å². The van der Waals surface area contributed by atoms with E-state index in [1.54, 1.807) is 16.1 Å². The zero-order valence-corrected chi connectivity index (χ0v) is 14.1. The molecule has 1 amide bonds. The van der Waals surface area contributed by atoms with Crippen LogP contribution < -0.4 is 10.2 Å². The molecule has 0 bridgehead atoms. The van der Waals surface area contributed by atoms with Gasteiger partial charge in [-0.2, -0.15) is 5.10 Å². The number of nitrogens with zero attached hydrogens (tertiary/aromatic N) is 3. The summed E-state index contributed by atoms with van der Waals surface area (Å²) in [6, 6.07) is 1.78. The molecule has 1 aliphatic rings. The van der Waals surface area contributed by atoms with Crippen molar-refractivity contribution in [1.82, 2.24) is 15.1 Å². The first kappa shape index (κ1) is 15.7. The molecule has 0 spiro atoms. The van der Waals surface area contributed by atoms with Crippen LogP contribution in [0.3, 0.4) is 0 Å². The number of carbonyl (C=O) groups excluding carboxylic acids is 2. The number of anilines is 1. The molecule has 122 valence electrons. The number of thiophene rings is 1. The summed E-state index contributed by atoms with van der Waals surface area (Å²) in [4.78, 5) is 26.5. The van der Waals surface area contributed by atoms with Gasteiger partial charge in [0.05, 0.1) is 16.8 Å². The van der Waals surface area contributed by atoms with Crippen LogP contribution in [0.1, 0.15) is 39.8 Å². The van der Waals surface area contributed by atoms with Crippen LogP contribution >= 0.6 is 11.3 Å². The Kier molecular flexibility index (Phi) is 4.47. The third kappa shape index (κ3) is 3.61. The van der Waals surface area contributed by atoms with Crippen molar-refractivity contribution in [2.24, 2.45) is 7.05 Å². The van der Waals surface area contributed by atoms with Gasteiger partial charge in [-0.1, -0.05) is 0 Å². The van der Waals surface area contributed by atoms with E-state index in [9.17, 15) is 9.59 Å². The maximum atomic E-state index is 12.3. The van der Waals surface area contributed by atoms with Gasteiger partial charge in [-0.25, -0.2) is 0 Å². The summed E-state index contributed by atoms with van der Waals surface area (Å²) in [5.41, 5.74) is 1.68. The lowest BCUT2D eigenvalue weighted by Gasteiger charge is -2.33. The van der Waals surface area contributed by atoms with Gasteiger partial charge in [0.2, 0.25) is 0 Å². The van der Waals surface area contributed by atoms with Gasteiger partial charge in [0.1, 0.15) is 0 Å². The molecular formula is C16H20N4O2S. The van der Waals surface area contributed by atoms with Crippen LogP contribution in [0.15, 0.2) is 23.8 Å². The number of aromatic nitrogens is 2. The first-order chi connectivity index (χ1) is 11.0. The number of Topliss-reactive ketones (excluding diaryl/α,β-unsaturated/α-hetero) is 1. The van der Waals surface area contributed by atoms with Gasteiger partial charge in [-0.15, -0.1) is 11.3 Å². The lowest BCUT2D eigenvalue weighted by Crippen LogP contribution is -2.47. The van der Waals surface area contributed by atoms with Crippen LogP contribution in [-0.2, 0) is 7.05 Å². The minimum absolute atomic E-state index is 0.0132. The molecule has 1 unspecified atom stereocenters. The molecule has 0 radical (unpaired) electrons. The molecule has 1 atom stereocenters. The lowest BCUT2D eigenvalue weighted by atomic mass is 10.1. The summed E-state index contributed by atoms with van der Waals surface area (Å²) in [6.07, 6.45) is 5.83. The van der Waals surface area contributed by atoms with Crippen LogP contribution in [0.25, 0.3) is 0 Å². The Hall–Kier alpha value is -2.15. The average molecular weight is 332 g/mol. The fourth-order valence-electron chi connectivity index (χ4n) is 2.80. The Labute approximate surface area is 139 Å². The quantitative estimate of drug-likeness (QED) is 0.871. The molecular weight excluding hydrogens is 312 g/mol. The summed E-state index contributed by atoms with van der Waals surface area (Å²) in [6.45, 7) is 3.27. The summed E-state index contributed by atoms with van der Waals surface area (Å²) < 4.78 is 1.78. The zero-order chi connectivity index (χ0) is 16.4. The second-order valence-electron chi connectivity index (χ2n) is 5.89. The number of aryl methyl sites for hydroxylation is 1. The predicted octanol–water partition coefficient (Wildman–Crippen LogP) is 2.08. The number of piperidine rings is 1. The van der Waals surface area contributed by atoms with Crippen LogP contribution in [0.2, 0.25) is 0 Å². The number of nitrogens with one attached hydrogen (secondary N) is 1. The van der Waals surface area contributed by atoms with Crippen molar-refractivity contribution in [2.45, 2.75) is 25.8 Å². The standard InChI is InChI=1S/C16H20N4O2S/c1-11(21)12-6-15(23-10-12)16(22)18-13-4-3-5-20(8-13)14-7-17-19(2)9-14/h6-7,9-10,13H,3-5,8H2,1-2H3,(H,18,22). The highest BCUT2D eigenvalue weighted by Crippen LogP contribution is 2.20. The van der Waals surface area contributed by atoms with Crippen LogP contribution in [0.5, 0.6) is 0 Å². The highest BCUT2D eigenvalue weighted by molar-refractivity contribution is 7.12. The number of amides is 1. The SMILES string of the molecule is CC(=O)c1csc(C(=O)NC2CCCN(c3cnn(C)c3)C2)c1. The summed E-state index contributed by atoms with van der Waals surface area (Å²) >= 11 is 1.32. The normalized spacial score (nSPS) is 18.0. The lowest BCUT2D eigenvalue weighted by molar-refractivity contribution is 0.0937. The number of hydrogen-bond donors (Lipinski definition) is 1. The molecule has 1 fully saturated rings. The largest absolute Gasteiger partial charge is 0.367 e. The first-order valence-corrected chi connectivity index (χ1v) is 8.55. The van der Waals surface area contributed by atoms with Gasteiger partial charge in [0.25, 0.3) is 5.91 Å². The van der Waals surface area contributed by atoms with E-state index in [1.807, 2.05) is 19.4 Å². The number of carbonyl (C=O) groups is 2. The molecule has 23 heavy (non-hydrogen) atoms. The van der Waals surface area contributed by atoms with E-state index in [0.29, 0.717) is 10.4 Å². The molecule has 3 rings (SSSR count). The number of hydrogen-bond acceptors (Lipinski definition) is 5. The highest BCUT2D eigenvalue weighted by Gasteiger charge is 2.23. The molecule has 1 N–H and O–H groups in total. The van der Waals surface area contributed by atoms with E-state index in [4.69, 9.17) is 0 Å². The fraction of sp³-hybridized carbons (Fsp3) is 0.438. The molecule has 0 saturated carbocycles. The topological polar surface area (TPSA) is 67.2 Å². The maximum absolute atomic E-state index is 12.3. The van der Waals surface area contributed by atoms with Gasteiger partial charge in [-0.05, 0) is 25.8 Å². The Balaban J connectivity index is 1.62. The monoisotopic (exact) mass is 332 g/mol. The molecule has 3 heterocycles. The van der Waals surface area contributed by atoms with E-state index >= 15 is 0 Å². The number of ketones is 1. The second kappa shape index (κ2) is 6.54. The van der Waals surface area contributed by atoms with E-state index < -0.39 is 0 Å². The minimum Gasteiger partial charge on any atom is -0.367 e. The Morgan fingerprint density at radius 2 is 2.26 bits per heavy atom. The second-order valence-corrected chi connectivity index (χ2v) is 6.80. The van der Waals surface area contributed by atoms with Gasteiger partial charge in [-0.3, -0.25) is 14.3 Å². The molecule has 0 aromatic carbocycles. The third-order valence-electron chi connectivity index (χ3n) is 4.04. The van der Waals surface area contributed by atoms with Crippen molar-refractivity contribution < 1.29 is 9.59 Å². The van der Waals surface area contributed by atoms with Gasteiger partial charge < -0.3 is 10.2 Å². The zero-order valence-electron chi connectivity index (χ0n) is 13.3. The van der Waals surface area contributed by atoms with Crippen molar-refractivity contribution in [3.8, 4) is 0 Å². The van der Waals surface area contributed by atoms with E-state index in [-0.39, 0.29) is 17.7 Å². The molecule has 2 aromatic rings. The van der Waals surface area contributed by atoms with Gasteiger partial charge in [0, 0.05) is 43.3 Å². The molecule has 0 aliphatic carbocycles. The summed E-state index contributed by atoms with van der Waals surface area (Å²) in [5, 5.41) is 9.02. The Morgan fingerprint density at radius 3 is 2.91 bits per heavy atom. The van der Waals surface area contributed by atoms with Gasteiger partial charge >= 0.3 is 0 Å². The third-order valence-corrected chi connectivity index (χ3v) is 4.97. The van der Waals surface area contributed by atoms with E-state index in [1.165, 1.54) is 18.3 Å². The van der Waals surface area contributed by atoms with Crippen molar-refractivity contribution in [1.29, 1.82) is 0 Å². The van der Waals surface area contributed by atoms with Crippen LogP contribution in [0.4, 0.5) is 5.69 Å². The summed E-state index contributed by atoms with van der Waals surface area (Å²) in [5.74, 6) is -0.110. The molecule has 1 aliphatic heterocycles. The first-order valence-electron chi connectivity index (χ1n) is 7.67. The predicted molar refractivity (Wildman–Crippen MR) is 90.2 cm³/mol. The number of rotatable bonds is 4. The molecule has 2 aromatic heterocycles. The van der Waals surface area contributed by atoms with Crippen LogP contribution in [0, 0.1) is 0 Å². The fourth-order valence-corrected chi connectivity index (χ4v) is 3.65. The average Bonchev–Trinajstić information content (AvgIpc) is 3.16. The highest BCUT2D eigenvalue weighted by atomic mass is 32.1. The van der Waals surface area contributed by atoms with Crippen molar-refractivity contribution in [3.05, 3.63) is 34.3 Å². The van der Waals surface area contributed by atoms with Crippen molar-refractivity contribution in [3.63, 3.8) is 0 Å². The minimum atomic E-state index is -0.0967. The van der Waals surface area contributed by atoms with Crippen molar-refractivity contribution >= 4 is 28.7 Å².